The minimum absolute atomic E-state index is 0.0324. The SMILES string of the molecule is CCCCCCCCC(CCCCCC)C(=O)OCCCCCCN(CCCCCCOC(=O)C(CCCCCC)CCCCCCCC)CC(O)c1ccncc1. The largest absolute Gasteiger partial charge is 0.465 e. The van der Waals surface area contributed by atoms with Gasteiger partial charge in [-0.1, -0.05) is 182 Å². The lowest BCUT2D eigenvalue weighted by molar-refractivity contribution is -0.150. The summed E-state index contributed by atoms with van der Waals surface area (Å²) in [5.74, 6) is 0.196. The maximum atomic E-state index is 13.1. The van der Waals surface area contributed by atoms with Crippen molar-refractivity contribution >= 4 is 11.9 Å². The van der Waals surface area contributed by atoms with Crippen LogP contribution in [0.25, 0.3) is 0 Å². The van der Waals surface area contributed by atoms with E-state index in [1.54, 1.807) is 12.4 Å². The summed E-state index contributed by atoms with van der Waals surface area (Å²) < 4.78 is 11.7. The third kappa shape index (κ3) is 31.0. The van der Waals surface area contributed by atoms with E-state index in [0.717, 1.165) is 121 Å². The van der Waals surface area contributed by atoms with Crippen LogP contribution in [0.15, 0.2) is 24.5 Å². The predicted molar refractivity (Wildman–Crippen MR) is 245 cm³/mol. The van der Waals surface area contributed by atoms with Crippen molar-refractivity contribution in [3.63, 3.8) is 0 Å². The lowest BCUT2D eigenvalue weighted by atomic mass is 9.94. The van der Waals surface area contributed by atoms with Gasteiger partial charge in [-0.25, -0.2) is 0 Å². The number of nitrogens with zero attached hydrogens (tertiary/aromatic N) is 2. The Morgan fingerprint density at radius 2 is 0.828 bits per heavy atom. The Morgan fingerprint density at radius 3 is 1.22 bits per heavy atom. The van der Waals surface area contributed by atoms with E-state index in [0.29, 0.717) is 19.8 Å². The molecule has 0 aromatic carbocycles. The Hall–Kier alpha value is -1.99. The van der Waals surface area contributed by atoms with Crippen molar-refractivity contribution < 1.29 is 24.2 Å². The summed E-state index contributed by atoms with van der Waals surface area (Å²) in [6.07, 6.45) is 39.7. The Morgan fingerprint density at radius 1 is 0.500 bits per heavy atom. The molecule has 58 heavy (non-hydrogen) atoms. The van der Waals surface area contributed by atoms with Crippen molar-refractivity contribution in [3.8, 4) is 0 Å². The first kappa shape index (κ1) is 54.0. The molecule has 0 aliphatic rings. The number of hydrogen-bond donors (Lipinski definition) is 1. The van der Waals surface area contributed by atoms with Gasteiger partial charge in [0.2, 0.25) is 0 Å². The van der Waals surface area contributed by atoms with E-state index in [1.165, 1.54) is 103 Å². The molecule has 0 spiro atoms. The number of rotatable bonds is 43. The molecule has 0 saturated heterocycles. The molecule has 0 amide bonds. The van der Waals surface area contributed by atoms with Gasteiger partial charge in [0.05, 0.1) is 31.2 Å². The van der Waals surface area contributed by atoms with Crippen molar-refractivity contribution in [2.24, 2.45) is 11.8 Å². The molecule has 3 unspecified atom stereocenters. The van der Waals surface area contributed by atoms with Crippen molar-refractivity contribution in [2.75, 3.05) is 32.8 Å². The van der Waals surface area contributed by atoms with Crippen molar-refractivity contribution in [1.82, 2.24) is 9.88 Å². The molecule has 0 radical (unpaired) electrons. The Kier molecular flexibility index (Phi) is 37.6. The van der Waals surface area contributed by atoms with Gasteiger partial charge in [-0.3, -0.25) is 14.6 Å². The molecule has 0 bridgehead atoms. The van der Waals surface area contributed by atoms with Crippen LogP contribution in [0.3, 0.4) is 0 Å². The molecule has 0 saturated carbocycles. The van der Waals surface area contributed by atoms with Gasteiger partial charge in [0.25, 0.3) is 0 Å². The summed E-state index contributed by atoms with van der Waals surface area (Å²) in [4.78, 5) is 32.6. The van der Waals surface area contributed by atoms with Crippen molar-refractivity contribution in [1.29, 1.82) is 0 Å². The maximum Gasteiger partial charge on any atom is 0.308 e. The summed E-state index contributed by atoms with van der Waals surface area (Å²) in [6.45, 7) is 12.5. The highest BCUT2D eigenvalue weighted by molar-refractivity contribution is 5.72. The predicted octanol–water partition coefficient (Wildman–Crippen LogP) is 14.3. The number of aliphatic hydroxyl groups is 1. The zero-order chi connectivity index (χ0) is 42.2. The van der Waals surface area contributed by atoms with E-state index >= 15 is 0 Å². The van der Waals surface area contributed by atoms with Gasteiger partial charge >= 0.3 is 11.9 Å². The number of hydrogen-bond acceptors (Lipinski definition) is 7. The molecule has 1 aromatic heterocycles. The monoisotopic (exact) mass is 815 g/mol. The third-order valence-corrected chi connectivity index (χ3v) is 12.0. The van der Waals surface area contributed by atoms with E-state index in [-0.39, 0.29) is 23.8 Å². The van der Waals surface area contributed by atoms with Crippen LogP contribution in [0.5, 0.6) is 0 Å². The number of carbonyl (C=O) groups is 2. The Labute approximate surface area is 359 Å². The van der Waals surface area contributed by atoms with Crippen LogP contribution in [0.1, 0.15) is 245 Å². The summed E-state index contributed by atoms with van der Waals surface area (Å²) in [6, 6.07) is 3.80. The fourth-order valence-corrected chi connectivity index (χ4v) is 8.13. The zero-order valence-electron chi connectivity index (χ0n) is 38.7. The van der Waals surface area contributed by atoms with E-state index in [2.05, 4.69) is 37.6 Å². The van der Waals surface area contributed by atoms with Crippen molar-refractivity contribution in [2.45, 2.75) is 239 Å². The van der Waals surface area contributed by atoms with Crippen LogP contribution in [0, 0.1) is 11.8 Å². The van der Waals surface area contributed by atoms with Crippen LogP contribution in [-0.2, 0) is 19.1 Å². The highest BCUT2D eigenvalue weighted by Gasteiger charge is 2.21. The topological polar surface area (TPSA) is 89.0 Å². The molecule has 1 heterocycles. The van der Waals surface area contributed by atoms with E-state index < -0.39 is 6.10 Å². The van der Waals surface area contributed by atoms with E-state index in [9.17, 15) is 14.7 Å². The standard InChI is InChI=1S/C51H94N2O5/c1-5-9-13-17-19-27-35-47(33-25-15-11-7-3)50(55)57-43-31-23-21-29-41-53(45-49(54)46-37-39-52-40-38-46)42-30-22-24-32-44-58-51(56)48(34-26-16-12-8-4)36-28-20-18-14-10-6-2/h37-40,47-49,54H,5-36,41-45H2,1-4H3. The molecule has 7 nitrogen and oxygen atoms in total. The number of carbonyl (C=O) groups excluding carboxylic acids is 2. The number of ether oxygens (including phenoxy) is 2. The van der Waals surface area contributed by atoms with Crippen LogP contribution in [-0.4, -0.2) is 59.8 Å². The van der Waals surface area contributed by atoms with Crippen molar-refractivity contribution in [3.05, 3.63) is 30.1 Å². The minimum Gasteiger partial charge on any atom is -0.465 e. The Bertz CT molecular complexity index is 981. The molecule has 0 fully saturated rings. The molecule has 1 aromatic rings. The molecule has 3 atom stereocenters. The number of aromatic nitrogens is 1. The van der Waals surface area contributed by atoms with Gasteiger partial charge in [0.15, 0.2) is 0 Å². The lowest BCUT2D eigenvalue weighted by Crippen LogP contribution is -2.31. The average Bonchev–Trinajstić information content (AvgIpc) is 3.23. The van der Waals surface area contributed by atoms with E-state index in [1.807, 2.05) is 12.1 Å². The number of esters is 2. The molecular formula is C51H94N2O5. The number of unbranched alkanes of at least 4 members (excludes halogenated alkanes) is 22. The molecule has 1 rings (SSSR count). The van der Waals surface area contributed by atoms with Crippen LogP contribution in [0.4, 0.5) is 0 Å². The third-order valence-electron chi connectivity index (χ3n) is 12.0. The normalized spacial score (nSPS) is 13.1. The first-order valence-corrected chi connectivity index (χ1v) is 25.1. The first-order valence-electron chi connectivity index (χ1n) is 25.1. The van der Waals surface area contributed by atoms with Gasteiger partial charge in [0.1, 0.15) is 0 Å². The quantitative estimate of drug-likeness (QED) is 0.0519. The minimum atomic E-state index is -0.542. The second kappa shape index (κ2) is 40.4. The van der Waals surface area contributed by atoms with Gasteiger partial charge in [-0.05, 0) is 82.2 Å². The molecule has 0 aliphatic heterocycles. The molecule has 7 heteroatoms. The molecule has 338 valence electrons. The summed E-state index contributed by atoms with van der Waals surface area (Å²) >= 11 is 0. The summed E-state index contributed by atoms with van der Waals surface area (Å²) in [7, 11) is 0. The smallest absolute Gasteiger partial charge is 0.308 e. The van der Waals surface area contributed by atoms with Gasteiger partial charge < -0.3 is 19.5 Å². The van der Waals surface area contributed by atoms with Gasteiger partial charge in [-0.15, -0.1) is 0 Å². The molecular weight excluding hydrogens is 721 g/mol. The summed E-state index contributed by atoms with van der Waals surface area (Å²) in [5.41, 5.74) is 0.906. The van der Waals surface area contributed by atoms with Crippen LogP contribution < -0.4 is 0 Å². The average molecular weight is 815 g/mol. The molecule has 0 aliphatic carbocycles. The Balaban J connectivity index is 2.45. The van der Waals surface area contributed by atoms with Crippen LogP contribution in [0.2, 0.25) is 0 Å². The van der Waals surface area contributed by atoms with E-state index in [4.69, 9.17) is 9.47 Å². The fraction of sp³-hybridized carbons (Fsp3) is 0.863. The van der Waals surface area contributed by atoms with Crippen LogP contribution >= 0.6 is 0 Å². The van der Waals surface area contributed by atoms with Gasteiger partial charge in [0, 0.05) is 18.9 Å². The highest BCUT2D eigenvalue weighted by Crippen LogP contribution is 2.23. The second-order valence-electron chi connectivity index (χ2n) is 17.5. The maximum absolute atomic E-state index is 13.1. The highest BCUT2D eigenvalue weighted by atomic mass is 16.5. The number of aliphatic hydroxyl groups excluding tert-OH is 1. The number of pyridine rings is 1. The zero-order valence-corrected chi connectivity index (χ0v) is 38.7. The fourth-order valence-electron chi connectivity index (χ4n) is 8.13. The first-order chi connectivity index (χ1) is 28.5. The molecule has 1 N–H and O–H groups in total. The summed E-state index contributed by atoms with van der Waals surface area (Å²) in [5, 5.41) is 11.0. The lowest BCUT2D eigenvalue weighted by Gasteiger charge is -2.25. The second-order valence-corrected chi connectivity index (χ2v) is 17.5. The van der Waals surface area contributed by atoms with Gasteiger partial charge in [-0.2, -0.15) is 0 Å².